The Bertz CT molecular complexity index is 532. The van der Waals surface area contributed by atoms with Crippen LogP contribution in [-0.2, 0) is 0 Å². The zero-order valence-corrected chi connectivity index (χ0v) is 26.7. The summed E-state index contributed by atoms with van der Waals surface area (Å²) < 4.78 is 9.26. The summed E-state index contributed by atoms with van der Waals surface area (Å²) in [5.74, 6) is 0. The summed E-state index contributed by atoms with van der Waals surface area (Å²) in [6, 6.07) is 0. The van der Waals surface area contributed by atoms with Gasteiger partial charge in [0, 0.05) is 21.0 Å². The molecule has 4 heterocycles. The van der Waals surface area contributed by atoms with Crippen LogP contribution in [0.15, 0.2) is 25.4 Å². The molecule has 142 valence electrons. The molecular formula is C14H16I3S8-. The van der Waals surface area contributed by atoms with Crippen LogP contribution in [0, 0.1) is 0 Å². The van der Waals surface area contributed by atoms with E-state index in [2.05, 4.69) is 112 Å². The van der Waals surface area contributed by atoms with E-state index in [4.69, 9.17) is 0 Å². The van der Waals surface area contributed by atoms with Crippen molar-refractivity contribution in [2.75, 3.05) is 0 Å². The first-order valence-electron chi connectivity index (χ1n) is 7.40. The van der Waals surface area contributed by atoms with E-state index in [0.29, 0.717) is 13.3 Å². The second kappa shape index (κ2) is 11.2. The molecule has 0 aromatic rings. The van der Waals surface area contributed by atoms with E-state index in [0.717, 1.165) is 21.0 Å². The van der Waals surface area contributed by atoms with Crippen LogP contribution >= 0.6 is 131 Å². The molecule has 0 spiro atoms. The molecule has 0 unspecified atom stereocenters. The van der Waals surface area contributed by atoms with Gasteiger partial charge >= 0.3 is 50.5 Å². The van der Waals surface area contributed by atoms with Gasteiger partial charge in [-0.1, -0.05) is 74.7 Å². The maximum atomic E-state index is 2.39. The third kappa shape index (κ3) is 6.13. The van der Waals surface area contributed by atoms with Gasteiger partial charge in [-0.05, 0) is 0 Å². The summed E-state index contributed by atoms with van der Waals surface area (Å²) in [6.07, 6.45) is 0. The molecule has 0 nitrogen and oxygen atoms in total. The van der Waals surface area contributed by atoms with Gasteiger partial charge in [0.15, 0.2) is 0 Å². The predicted molar refractivity (Wildman–Crippen MR) is 148 cm³/mol. The predicted octanol–water partition coefficient (Wildman–Crippen LogP) is 6.62. The van der Waals surface area contributed by atoms with Gasteiger partial charge in [-0.2, -0.15) is 0 Å². The molecular weight excluding hydrogens is 805 g/mol. The summed E-state index contributed by atoms with van der Waals surface area (Å²) >= 11 is 21.7. The van der Waals surface area contributed by atoms with E-state index in [1.54, 1.807) is 16.9 Å². The van der Waals surface area contributed by atoms with Gasteiger partial charge in [0.2, 0.25) is 0 Å². The summed E-state index contributed by atoms with van der Waals surface area (Å²) in [7, 11) is 0. The van der Waals surface area contributed by atoms with E-state index >= 15 is 0 Å². The van der Waals surface area contributed by atoms with E-state index in [-0.39, 0.29) is 0 Å². The van der Waals surface area contributed by atoms with Crippen LogP contribution < -0.4 is 13.3 Å². The van der Waals surface area contributed by atoms with Crippen molar-refractivity contribution < 1.29 is 13.3 Å². The SMILES string of the molecule is C[C@H]1SC2=C(SC(=C3SC4=C(S3)S[C@H](C)[C@@H](C)S4)S2)S[C@@H]1C.I[I-]I. The molecule has 4 atom stereocenters. The Balaban J connectivity index is 0.000000569. The van der Waals surface area contributed by atoms with E-state index in [1.165, 1.54) is 8.47 Å². The summed E-state index contributed by atoms with van der Waals surface area (Å²) in [5.41, 5.74) is 0. The van der Waals surface area contributed by atoms with Gasteiger partial charge in [0.05, 0.1) is 25.4 Å². The van der Waals surface area contributed by atoms with Crippen molar-refractivity contribution in [3.63, 3.8) is 0 Å². The van der Waals surface area contributed by atoms with Crippen LogP contribution in [0.2, 0.25) is 0 Å². The molecule has 0 radical (unpaired) electrons. The standard InChI is InChI=1S/C14H16S8.I3/c1-5-6(2)16-10-9(15-5)19-13(20-10)14-21-11-12(22-14)18-8(4)7(3)17-11;1-3-2/h5-8H,1-4H3;/q;-1/t5-,6-,7-,8-;/m1./s1. The van der Waals surface area contributed by atoms with Crippen LogP contribution in [-0.4, -0.2) is 21.0 Å². The number of hydrogen-bond acceptors (Lipinski definition) is 8. The van der Waals surface area contributed by atoms with Crippen molar-refractivity contribution in [3.8, 4) is 0 Å². The molecule has 0 saturated heterocycles. The van der Waals surface area contributed by atoms with E-state index < -0.39 is 0 Å². The molecule has 0 N–H and O–H groups in total. The fourth-order valence-electron chi connectivity index (χ4n) is 2.06. The summed E-state index contributed by atoms with van der Waals surface area (Å²) in [5, 5.41) is 2.90. The molecule has 0 aliphatic carbocycles. The Kier molecular flexibility index (Phi) is 10.7. The third-order valence-electron chi connectivity index (χ3n) is 3.74. The normalized spacial score (nSPS) is 35.0. The molecule has 11 heteroatoms. The van der Waals surface area contributed by atoms with Crippen LogP contribution in [0.3, 0.4) is 0 Å². The maximum absolute atomic E-state index is 2.39. The number of hydrogen-bond donors (Lipinski definition) is 0. The van der Waals surface area contributed by atoms with Crippen LogP contribution in [0.1, 0.15) is 27.7 Å². The van der Waals surface area contributed by atoms with Crippen molar-refractivity contribution in [2.24, 2.45) is 0 Å². The first-order chi connectivity index (χ1) is 11.9. The van der Waals surface area contributed by atoms with Gasteiger partial charge in [0.1, 0.15) is 0 Å². The third-order valence-corrected chi connectivity index (χ3v) is 16.7. The van der Waals surface area contributed by atoms with Gasteiger partial charge in [0.25, 0.3) is 0 Å². The number of rotatable bonds is 0. The zero-order valence-electron chi connectivity index (χ0n) is 13.7. The van der Waals surface area contributed by atoms with Gasteiger partial charge < -0.3 is 0 Å². The van der Waals surface area contributed by atoms with Crippen molar-refractivity contribution in [2.45, 2.75) is 48.7 Å². The first kappa shape index (κ1) is 23.9. The fourth-order valence-corrected chi connectivity index (χ4v) is 15.3. The average Bonchev–Trinajstić information content (AvgIpc) is 3.13. The molecule has 4 aliphatic rings. The van der Waals surface area contributed by atoms with Crippen LogP contribution in [0.4, 0.5) is 0 Å². The molecule has 4 rings (SSSR count). The Hall–Kier alpha value is 4.21. The molecule has 0 saturated carbocycles. The van der Waals surface area contributed by atoms with Crippen LogP contribution in [0.25, 0.3) is 0 Å². The monoisotopic (exact) mass is 821 g/mol. The quantitative estimate of drug-likeness (QED) is 0.248. The summed E-state index contributed by atoms with van der Waals surface area (Å²) in [6.45, 7) is 9.44. The first-order valence-corrected chi connectivity index (χ1v) is 26.8. The molecule has 4 aliphatic heterocycles. The zero-order chi connectivity index (χ0) is 18.1. The molecule has 25 heavy (non-hydrogen) atoms. The Morgan fingerprint density at radius 2 is 0.720 bits per heavy atom. The average molecular weight is 822 g/mol. The van der Waals surface area contributed by atoms with Gasteiger partial charge in [-0.15, -0.1) is 47.0 Å². The second-order valence-electron chi connectivity index (χ2n) is 5.48. The van der Waals surface area contributed by atoms with Crippen molar-refractivity contribution in [1.82, 2.24) is 0 Å². The number of halogens is 3. The van der Waals surface area contributed by atoms with E-state index in [9.17, 15) is 0 Å². The molecule has 0 bridgehead atoms. The molecule has 0 fully saturated rings. The molecule has 0 amide bonds. The minimum absolute atomic E-state index is 0.530. The fraction of sp³-hybridized carbons (Fsp3) is 0.571. The summed E-state index contributed by atoms with van der Waals surface area (Å²) in [4.78, 5) is 0. The molecule has 0 aromatic heterocycles. The number of thioether (sulfide) groups is 8. The molecule has 0 aromatic carbocycles. The van der Waals surface area contributed by atoms with E-state index in [1.807, 2.05) is 47.0 Å². The van der Waals surface area contributed by atoms with Gasteiger partial charge in [-0.25, -0.2) is 0 Å². The van der Waals surface area contributed by atoms with Crippen LogP contribution in [0.5, 0.6) is 0 Å². The topological polar surface area (TPSA) is 0 Å². The van der Waals surface area contributed by atoms with Crippen molar-refractivity contribution in [3.05, 3.63) is 25.4 Å². The Morgan fingerprint density at radius 3 is 0.920 bits per heavy atom. The van der Waals surface area contributed by atoms with Crippen molar-refractivity contribution in [1.29, 1.82) is 0 Å². The van der Waals surface area contributed by atoms with Gasteiger partial charge in [-0.3, -0.25) is 0 Å². The Labute approximate surface area is 214 Å². The Morgan fingerprint density at radius 1 is 0.520 bits per heavy atom. The second-order valence-corrected chi connectivity index (χ2v) is 32.9. The minimum atomic E-state index is 0.530. The van der Waals surface area contributed by atoms with Crippen molar-refractivity contribution >= 4 is 131 Å².